The first-order valence-electron chi connectivity index (χ1n) is 33.7. The molecule has 0 fully saturated rings. The van der Waals surface area contributed by atoms with E-state index in [4.69, 9.17) is 37.0 Å². The maximum atomic E-state index is 13.0. The minimum Gasteiger partial charge on any atom is -0.462 e. The lowest BCUT2D eigenvalue weighted by molar-refractivity contribution is -0.161. The van der Waals surface area contributed by atoms with Gasteiger partial charge in [-0.1, -0.05) is 272 Å². The fourth-order valence-corrected chi connectivity index (χ4v) is 11.1. The van der Waals surface area contributed by atoms with Crippen molar-refractivity contribution in [1.82, 2.24) is 0 Å². The first kappa shape index (κ1) is 81.1. The summed E-state index contributed by atoms with van der Waals surface area (Å²) in [7, 11) is -9.88. The molecule has 17 nitrogen and oxygen atoms in total. The summed E-state index contributed by atoms with van der Waals surface area (Å²) in [5.74, 6) is -1.36. The van der Waals surface area contributed by atoms with E-state index < -0.39 is 97.5 Å². The van der Waals surface area contributed by atoms with E-state index in [-0.39, 0.29) is 25.7 Å². The summed E-state index contributed by atoms with van der Waals surface area (Å²) in [6, 6.07) is 0. The minimum atomic E-state index is -4.94. The van der Waals surface area contributed by atoms with Crippen LogP contribution in [0.15, 0.2) is 0 Å². The smallest absolute Gasteiger partial charge is 0.462 e. The van der Waals surface area contributed by atoms with E-state index in [1.807, 2.05) is 0 Å². The van der Waals surface area contributed by atoms with Crippen LogP contribution in [-0.4, -0.2) is 96.7 Å². The third-order valence-electron chi connectivity index (χ3n) is 15.1. The third kappa shape index (κ3) is 57.6. The van der Waals surface area contributed by atoms with Crippen molar-refractivity contribution < 1.29 is 80.2 Å². The third-order valence-corrected chi connectivity index (χ3v) is 17.0. The van der Waals surface area contributed by atoms with Crippen LogP contribution in [0.2, 0.25) is 0 Å². The summed E-state index contributed by atoms with van der Waals surface area (Å²) in [4.78, 5) is 72.0. The predicted octanol–water partition coefficient (Wildman–Crippen LogP) is 17.8. The Kier molecular flexibility index (Phi) is 56.4. The summed E-state index contributed by atoms with van der Waals surface area (Å²) < 4.78 is 67.8. The lowest BCUT2D eigenvalue weighted by atomic mass is 9.99. The summed E-state index contributed by atoms with van der Waals surface area (Å²) in [6.45, 7) is 7.12. The van der Waals surface area contributed by atoms with Crippen molar-refractivity contribution in [3.63, 3.8) is 0 Å². The number of unbranched alkanes of at least 4 members (excludes halogenated alkanes) is 35. The molecule has 0 aromatic carbocycles. The second-order valence-electron chi connectivity index (χ2n) is 23.4. The van der Waals surface area contributed by atoms with Gasteiger partial charge in [0.1, 0.15) is 19.3 Å². The molecule has 0 bridgehead atoms. The number of aliphatic hydroxyl groups is 1. The second kappa shape index (κ2) is 57.8. The number of esters is 4. The highest BCUT2D eigenvalue weighted by Crippen LogP contribution is 2.45. The number of ether oxygens (including phenoxy) is 4. The zero-order valence-corrected chi connectivity index (χ0v) is 55.1. The number of hydrogen-bond donors (Lipinski definition) is 3. The Labute approximate surface area is 505 Å². The highest BCUT2D eigenvalue weighted by atomic mass is 31.2. The Morgan fingerprint density at radius 1 is 0.337 bits per heavy atom. The lowest BCUT2D eigenvalue weighted by Crippen LogP contribution is -2.30. The fraction of sp³-hybridized carbons (Fsp3) is 0.938. The molecule has 0 aliphatic rings. The van der Waals surface area contributed by atoms with E-state index in [0.29, 0.717) is 25.7 Å². The van der Waals surface area contributed by atoms with Gasteiger partial charge in [0.15, 0.2) is 12.2 Å². The van der Waals surface area contributed by atoms with Gasteiger partial charge in [0.2, 0.25) is 0 Å². The van der Waals surface area contributed by atoms with Crippen molar-refractivity contribution in [2.24, 2.45) is 5.92 Å². The number of rotatable bonds is 64. The van der Waals surface area contributed by atoms with E-state index in [2.05, 4.69) is 34.6 Å². The zero-order valence-electron chi connectivity index (χ0n) is 53.3. The molecular formula is C64H124O17P2. The Morgan fingerprint density at radius 2 is 0.578 bits per heavy atom. The molecule has 6 atom stereocenters. The van der Waals surface area contributed by atoms with Crippen LogP contribution in [0.5, 0.6) is 0 Å². The van der Waals surface area contributed by atoms with Gasteiger partial charge < -0.3 is 33.8 Å². The number of phosphoric acid groups is 2. The molecule has 0 saturated carbocycles. The summed E-state index contributed by atoms with van der Waals surface area (Å²) in [6.07, 6.45) is 41.9. The van der Waals surface area contributed by atoms with Gasteiger partial charge in [-0.3, -0.25) is 37.3 Å². The van der Waals surface area contributed by atoms with E-state index in [1.54, 1.807) is 0 Å². The lowest BCUT2D eigenvalue weighted by Gasteiger charge is -2.21. The highest BCUT2D eigenvalue weighted by Gasteiger charge is 2.30. The monoisotopic (exact) mass is 1230 g/mol. The molecule has 0 aliphatic heterocycles. The Morgan fingerprint density at radius 3 is 0.855 bits per heavy atom. The molecule has 0 spiro atoms. The number of carbonyl (C=O) groups excluding carboxylic acids is 4. The van der Waals surface area contributed by atoms with Gasteiger partial charge in [-0.25, -0.2) is 9.13 Å². The van der Waals surface area contributed by atoms with Crippen LogP contribution < -0.4 is 0 Å². The normalized spacial score (nSPS) is 14.6. The van der Waals surface area contributed by atoms with Crippen molar-refractivity contribution in [2.45, 2.75) is 342 Å². The maximum absolute atomic E-state index is 13.0. The van der Waals surface area contributed by atoms with Gasteiger partial charge in [-0.2, -0.15) is 0 Å². The summed E-state index contributed by atoms with van der Waals surface area (Å²) in [5.41, 5.74) is 0. The first-order valence-corrected chi connectivity index (χ1v) is 36.7. The maximum Gasteiger partial charge on any atom is 0.472 e. The molecule has 3 N–H and O–H groups in total. The van der Waals surface area contributed by atoms with Crippen molar-refractivity contribution >= 4 is 39.5 Å². The molecule has 0 radical (unpaired) electrons. The van der Waals surface area contributed by atoms with Crippen LogP contribution in [-0.2, 0) is 65.4 Å². The Balaban J connectivity index is 5.16. The summed E-state index contributed by atoms with van der Waals surface area (Å²) in [5, 5.41) is 10.5. The summed E-state index contributed by atoms with van der Waals surface area (Å²) >= 11 is 0. The Hall–Kier alpha value is -1.94. The highest BCUT2D eigenvalue weighted by molar-refractivity contribution is 7.47. The number of hydrogen-bond acceptors (Lipinski definition) is 15. The average molecular weight is 1230 g/mol. The van der Waals surface area contributed by atoms with Gasteiger partial charge in [0.25, 0.3) is 0 Å². The molecule has 0 rings (SSSR count). The molecule has 0 amide bonds. The predicted molar refractivity (Wildman–Crippen MR) is 331 cm³/mol. The molecule has 492 valence electrons. The average Bonchev–Trinajstić information content (AvgIpc) is 3.46. The van der Waals surface area contributed by atoms with Gasteiger partial charge in [-0.05, 0) is 31.6 Å². The molecule has 3 unspecified atom stereocenters. The largest absolute Gasteiger partial charge is 0.472 e. The van der Waals surface area contributed by atoms with Crippen LogP contribution in [0.1, 0.15) is 324 Å². The minimum absolute atomic E-state index is 0.103. The van der Waals surface area contributed by atoms with Gasteiger partial charge >= 0.3 is 39.5 Å². The molecule has 19 heteroatoms. The standard InChI is InChI=1S/C64H124O17P2/c1-6-10-13-16-19-20-21-22-23-24-25-26-27-28-35-40-45-50-64(69)81-60(54-75-62(67)48-43-38-34-30-29-33-36-41-46-57(5)9-4)56-79-83(72,73)77-52-58(65)51-76-82(70,71)78-55-59(80-63(68)49-44-39-32-18-15-12-8-3)53-74-61(66)47-42-37-31-17-14-11-7-2/h57-60,65H,6-56H2,1-5H3,(H,70,71)(H,72,73)/t57?,58-,59+,60+/m0/s1. The molecule has 0 saturated heterocycles. The zero-order chi connectivity index (χ0) is 61.3. The number of carbonyl (C=O) groups is 4. The van der Waals surface area contributed by atoms with Crippen molar-refractivity contribution in [1.29, 1.82) is 0 Å². The molecule has 0 heterocycles. The van der Waals surface area contributed by atoms with Crippen LogP contribution in [0, 0.1) is 5.92 Å². The second-order valence-corrected chi connectivity index (χ2v) is 26.3. The van der Waals surface area contributed by atoms with Gasteiger partial charge in [0, 0.05) is 25.7 Å². The molecule has 83 heavy (non-hydrogen) atoms. The van der Waals surface area contributed by atoms with Gasteiger partial charge in [0.05, 0.1) is 26.4 Å². The molecule has 0 aromatic rings. The topological polar surface area (TPSA) is 237 Å². The van der Waals surface area contributed by atoms with E-state index in [9.17, 15) is 43.2 Å². The first-order chi connectivity index (χ1) is 40.1. The van der Waals surface area contributed by atoms with Crippen molar-refractivity contribution in [3.05, 3.63) is 0 Å². The molecular weight excluding hydrogens is 1100 g/mol. The van der Waals surface area contributed by atoms with Crippen LogP contribution in [0.3, 0.4) is 0 Å². The number of phosphoric ester groups is 2. The van der Waals surface area contributed by atoms with Crippen LogP contribution in [0.4, 0.5) is 0 Å². The molecule has 0 aliphatic carbocycles. The van der Waals surface area contributed by atoms with E-state index in [1.165, 1.54) is 122 Å². The fourth-order valence-electron chi connectivity index (χ4n) is 9.55. The van der Waals surface area contributed by atoms with Gasteiger partial charge in [-0.15, -0.1) is 0 Å². The van der Waals surface area contributed by atoms with Crippen molar-refractivity contribution in [2.75, 3.05) is 39.6 Å². The van der Waals surface area contributed by atoms with Crippen LogP contribution in [0.25, 0.3) is 0 Å². The number of aliphatic hydroxyl groups excluding tert-OH is 1. The van der Waals surface area contributed by atoms with E-state index in [0.717, 1.165) is 121 Å². The molecule has 0 aromatic heterocycles. The SMILES string of the molecule is CCCCCCCCCCCCCCCCCCCC(=O)O[C@H](COC(=O)CCCCCCCCCCC(C)CC)COP(=O)(O)OC[C@@H](O)COP(=O)(O)OC[C@@H](COC(=O)CCCCCCCCC)OC(=O)CCCCCCCCC. The van der Waals surface area contributed by atoms with E-state index >= 15 is 0 Å². The Bertz CT molecular complexity index is 1620. The van der Waals surface area contributed by atoms with Crippen molar-refractivity contribution in [3.8, 4) is 0 Å². The quantitative estimate of drug-likeness (QED) is 0.0222. The van der Waals surface area contributed by atoms with Crippen LogP contribution >= 0.6 is 15.6 Å².